The number of nitrogens with zero attached hydrogens (tertiary/aromatic N) is 1. The molecular weight excluding hydrogens is 355 g/mol. The third kappa shape index (κ3) is 4.77. The Bertz CT molecular complexity index is 648. The number of nitrogen functional groups attached to an aromatic ring is 1. The molecule has 0 atom stereocenters. The first-order valence-electron chi connectivity index (χ1n) is 7.01. The second-order valence-corrected chi connectivity index (χ2v) is 6.23. The monoisotopic (exact) mass is 374 g/mol. The average molecular weight is 375 g/mol. The highest BCUT2D eigenvalue weighted by Crippen LogP contribution is 2.29. The molecule has 0 aliphatic carbocycles. The minimum atomic E-state index is -0.0993. The van der Waals surface area contributed by atoms with E-state index in [1.807, 2.05) is 18.4 Å². The molecule has 1 aromatic heterocycles. The van der Waals surface area contributed by atoms with Crippen molar-refractivity contribution in [3.05, 3.63) is 45.1 Å². The number of hydrogen-bond acceptors (Lipinski definition) is 4. The molecule has 0 aliphatic rings. The predicted octanol–water partition coefficient (Wildman–Crippen LogP) is 4.12. The maximum Gasteiger partial charge on any atom is 0.257 e. The van der Waals surface area contributed by atoms with Crippen LogP contribution in [0, 0.1) is 0 Å². The van der Waals surface area contributed by atoms with Gasteiger partial charge in [0.2, 0.25) is 0 Å². The van der Waals surface area contributed by atoms with E-state index < -0.39 is 0 Å². The van der Waals surface area contributed by atoms with Gasteiger partial charge in [0, 0.05) is 24.0 Å². The highest BCUT2D eigenvalue weighted by molar-refractivity contribution is 7.09. The van der Waals surface area contributed by atoms with Gasteiger partial charge in [-0.2, -0.15) is 0 Å². The molecular formula is C16H20Cl2N2O2S. The molecule has 1 heterocycles. The van der Waals surface area contributed by atoms with Gasteiger partial charge < -0.3 is 15.4 Å². The van der Waals surface area contributed by atoms with E-state index in [0.29, 0.717) is 35.1 Å². The molecule has 0 saturated carbocycles. The lowest BCUT2D eigenvalue weighted by Gasteiger charge is -2.22. The Morgan fingerprint density at radius 3 is 2.74 bits per heavy atom. The Balaban J connectivity index is 0.00000264. The van der Waals surface area contributed by atoms with E-state index in [1.165, 1.54) is 12.0 Å². The summed E-state index contributed by atoms with van der Waals surface area (Å²) in [6.07, 6.45) is 0.836. The van der Waals surface area contributed by atoms with Crippen molar-refractivity contribution in [1.82, 2.24) is 4.90 Å². The Labute approximate surface area is 151 Å². The summed E-state index contributed by atoms with van der Waals surface area (Å²) in [5.74, 6) is 0.347. The number of amides is 1. The topological polar surface area (TPSA) is 55.6 Å². The van der Waals surface area contributed by atoms with Gasteiger partial charge in [0.1, 0.15) is 5.75 Å². The molecule has 0 aliphatic heterocycles. The Hall–Kier alpha value is -1.43. The van der Waals surface area contributed by atoms with Crippen LogP contribution in [-0.4, -0.2) is 31.0 Å². The highest BCUT2D eigenvalue weighted by atomic mass is 35.5. The molecule has 2 N–H and O–H groups in total. The first kappa shape index (κ1) is 19.6. The fourth-order valence-electron chi connectivity index (χ4n) is 2.18. The molecule has 126 valence electrons. The zero-order chi connectivity index (χ0) is 16.1. The minimum Gasteiger partial charge on any atom is -0.496 e. The molecule has 1 aromatic carbocycles. The number of anilines is 1. The van der Waals surface area contributed by atoms with Crippen LogP contribution in [0.5, 0.6) is 5.75 Å². The van der Waals surface area contributed by atoms with Gasteiger partial charge in [0.05, 0.1) is 23.4 Å². The molecule has 7 heteroatoms. The van der Waals surface area contributed by atoms with Crippen LogP contribution < -0.4 is 10.5 Å². The fourth-order valence-corrected chi connectivity index (χ4v) is 3.04. The van der Waals surface area contributed by atoms with Crippen LogP contribution in [0.4, 0.5) is 5.69 Å². The number of halogens is 2. The van der Waals surface area contributed by atoms with Crippen molar-refractivity contribution in [3.8, 4) is 5.75 Å². The number of rotatable bonds is 6. The molecule has 0 radical (unpaired) electrons. The van der Waals surface area contributed by atoms with Crippen molar-refractivity contribution in [3.63, 3.8) is 0 Å². The van der Waals surface area contributed by atoms with Gasteiger partial charge in [-0.1, -0.05) is 17.7 Å². The molecule has 23 heavy (non-hydrogen) atoms. The molecule has 0 spiro atoms. The lowest BCUT2D eigenvalue weighted by molar-refractivity contribution is 0.0763. The van der Waals surface area contributed by atoms with Crippen molar-refractivity contribution in [1.29, 1.82) is 0 Å². The third-order valence-corrected chi connectivity index (χ3v) is 4.69. The normalized spacial score (nSPS) is 10.0. The maximum atomic E-state index is 12.7. The van der Waals surface area contributed by atoms with E-state index in [-0.39, 0.29) is 18.3 Å². The van der Waals surface area contributed by atoms with Gasteiger partial charge in [0.25, 0.3) is 5.91 Å². The Morgan fingerprint density at radius 1 is 1.43 bits per heavy atom. The summed E-state index contributed by atoms with van der Waals surface area (Å²) in [4.78, 5) is 15.8. The largest absolute Gasteiger partial charge is 0.496 e. The lowest BCUT2D eigenvalue weighted by atomic mass is 10.1. The van der Waals surface area contributed by atoms with Crippen molar-refractivity contribution in [2.24, 2.45) is 0 Å². The highest BCUT2D eigenvalue weighted by Gasteiger charge is 2.20. The number of methoxy groups -OCH3 is 1. The van der Waals surface area contributed by atoms with Crippen LogP contribution in [0.15, 0.2) is 29.6 Å². The van der Waals surface area contributed by atoms with Crippen molar-refractivity contribution in [2.75, 3.05) is 25.9 Å². The molecule has 0 unspecified atom stereocenters. The number of carbonyl (C=O) groups is 1. The lowest BCUT2D eigenvalue weighted by Crippen LogP contribution is -2.33. The van der Waals surface area contributed by atoms with E-state index in [4.69, 9.17) is 22.1 Å². The molecule has 0 saturated heterocycles. The number of nitrogens with two attached hydrogens (primary N) is 1. The predicted molar refractivity (Wildman–Crippen MR) is 99.3 cm³/mol. The second-order valence-electron chi connectivity index (χ2n) is 4.79. The van der Waals surface area contributed by atoms with Gasteiger partial charge in [-0.3, -0.25) is 4.79 Å². The molecule has 0 fully saturated rings. The summed E-state index contributed by atoms with van der Waals surface area (Å²) in [6, 6.07) is 7.25. The zero-order valence-electron chi connectivity index (χ0n) is 13.0. The smallest absolute Gasteiger partial charge is 0.257 e. The number of thiophene rings is 1. The van der Waals surface area contributed by atoms with Crippen LogP contribution in [0.3, 0.4) is 0 Å². The number of carbonyl (C=O) groups excluding carboxylic acids is 1. The van der Waals surface area contributed by atoms with Crippen molar-refractivity contribution < 1.29 is 9.53 Å². The van der Waals surface area contributed by atoms with Crippen LogP contribution >= 0.6 is 35.3 Å². The minimum absolute atomic E-state index is 0. The molecule has 2 rings (SSSR count). The number of benzene rings is 1. The summed E-state index contributed by atoms with van der Waals surface area (Å²) in [5, 5.41) is 2.40. The quantitative estimate of drug-likeness (QED) is 0.773. The van der Waals surface area contributed by atoms with Gasteiger partial charge in [-0.15, -0.1) is 23.7 Å². The summed E-state index contributed by atoms with van der Waals surface area (Å²) >= 11 is 7.74. The average Bonchev–Trinajstić information content (AvgIpc) is 3.03. The van der Waals surface area contributed by atoms with Crippen molar-refractivity contribution in [2.45, 2.75) is 13.3 Å². The van der Waals surface area contributed by atoms with Gasteiger partial charge >= 0.3 is 0 Å². The molecule has 2 aromatic rings. The van der Waals surface area contributed by atoms with Crippen LogP contribution in [0.25, 0.3) is 0 Å². The van der Waals surface area contributed by atoms with Gasteiger partial charge in [-0.25, -0.2) is 0 Å². The van der Waals surface area contributed by atoms with E-state index >= 15 is 0 Å². The van der Waals surface area contributed by atoms with Crippen LogP contribution in [-0.2, 0) is 6.42 Å². The summed E-state index contributed by atoms with van der Waals surface area (Å²) in [5.41, 5.74) is 6.60. The Kier molecular flexibility index (Phi) is 7.68. The van der Waals surface area contributed by atoms with E-state index in [9.17, 15) is 4.79 Å². The standard InChI is InChI=1S/C16H19ClN2O2S.ClH/c1-3-19(7-6-11-5-4-8-22-11)16(20)12-9-13(17)14(18)10-15(12)21-2;/h4-5,8-10H,3,6-7,18H2,1-2H3;1H. The van der Waals surface area contributed by atoms with E-state index in [0.717, 1.165) is 6.42 Å². The van der Waals surface area contributed by atoms with Gasteiger partial charge in [-0.05, 0) is 30.9 Å². The van der Waals surface area contributed by atoms with Gasteiger partial charge in [0.15, 0.2) is 0 Å². The molecule has 4 nitrogen and oxygen atoms in total. The number of likely N-dealkylation sites (N-methyl/N-ethyl adjacent to an activating group) is 1. The second kappa shape index (κ2) is 9.01. The third-order valence-electron chi connectivity index (χ3n) is 3.43. The Morgan fingerprint density at radius 2 is 2.17 bits per heavy atom. The van der Waals surface area contributed by atoms with Crippen LogP contribution in [0.2, 0.25) is 5.02 Å². The number of hydrogen-bond donors (Lipinski definition) is 1. The SMILES string of the molecule is CCN(CCc1cccs1)C(=O)c1cc(Cl)c(N)cc1OC.Cl. The number of ether oxygens (including phenoxy) is 1. The molecule has 1 amide bonds. The summed E-state index contributed by atoms with van der Waals surface area (Å²) in [6.45, 7) is 3.23. The van der Waals surface area contributed by atoms with E-state index in [2.05, 4.69) is 6.07 Å². The van der Waals surface area contributed by atoms with Crippen LogP contribution in [0.1, 0.15) is 22.2 Å². The fraction of sp³-hybridized carbons (Fsp3) is 0.312. The maximum absolute atomic E-state index is 12.7. The first-order chi connectivity index (χ1) is 10.6. The first-order valence-corrected chi connectivity index (χ1v) is 8.27. The molecule has 0 bridgehead atoms. The van der Waals surface area contributed by atoms with Crippen molar-refractivity contribution >= 4 is 46.9 Å². The summed E-state index contributed by atoms with van der Waals surface area (Å²) in [7, 11) is 1.52. The zero-order valence-corrected chi connectivity index (χ0v) is 15.4. The summed E-state index contributed by atoms with van der Waals surface area (Å²) < 4.78 is 5.26. The van der Waals surface area contributed by atoms with E-state index in [1.54, 1.807) is 28.4 Å².